The molecule has 1 aliphatic rings. The Morgan fingerprint density at radius 1 is 1.43 bits per heavy atom. The molecular weight excluding hydrogens is 284 g/mol. The number of nitrogens with one attached hydrogen (secondary N) is 1. The monoisotopic (exact) mass is 308 g/mol. The number of carbonyl (C=O) groups is 1. The fraction of sp³-hybridized carbons (Fsp3) is 0.625. The second kappa shape index (κ2) is 9.05. The molecule has 1 aliphatic carbocycles. The lowest BCUT2D eigenvalue weighted by Gasteiger charge is -2.17. The number of aromatic nitrogens is 1. The maximum atomic E-state index is 11.7. The predicted molar refractivity (Wildman–Crippen MR) is 86.0 cm³/mol. The van der Waals surface area contributed by atoms with Crippen molar-refractivity contribution in [1.82, 2.24) is 10.3 Å². The van der Waals surface area contributed by atoms with Crippen molar-refractivity contribution in [2.45, 2.75) is 44.0 Å². The second-order valence-corrected chi connectivity index (χ2v) is 6.64. The molecule has 0 aliphatic heterocycles. The first-order valence-electron chi connectivity index (χ1n) is 7.68. The van der Waals surface area contributed by atoms with Gasteiger partial charge in [0.1, 0.15) is 0 Å². The maximum Gasteiger partial charge on any atom is 0.220 e. The lowest BCUT2D eigenvalue weighted by atomic mass is 10.0. The number of amides is 1. The van der Waals surface area contributed by atoms with Gasteiger partial charge in [0, 0.05) is 30.7 Å². The molecule has 5 heteroatoms. The van der Waals surface area contributed by atoms with Crippen molar-refractivity contribution < 1.29 is 9.90 Å². The zero-order chi connectivity index (χ0) is 14.9. The minimum Gasteiger partial charge on any atom is -0.391 e. The van der Waals surface area contributed by atoms with Crippen LogP contribution in [0.4, 0.5) is 0 Å². The van der Waals surface area contributed by atoms with Gasteiger partial charge in [-0.15, -0.1) is 0 Å². The quantitative estimate of drug-likeness (QED) is 0.724. The molecule has 0 spiro atoms. The van der Waals surface area contributed by atoms with Crippen LogP contribution in [0.3, 0.4) is 0 Å². The summed E-state index contributed by atoms with van der Waals surface area (Å²) in [5.41, 5.74) is 1.04. The van der Waals surface area contributed by atoms with Crippen molar-refractivity contribution in [3.63, 3.8) is 0 Å². The minimum atomic E-state index is -0.377. The third-order valence-corrected chi connectivity index (χ3v) is 4.89. The van der Waals surface area contributed by atoms with E-state index < -0.39 is 0 Å². The number of hydrogen-bond donors (Lipinski definition) is 2. The Hall–Kier alpha value is -1.07. The largest absolute Gasteiger partial charge is 0.391 e. The summed E-state index contributed by atoms with van der Waals surface area (Å²) in [4.78, 5) is 16.0. The van der Waals surface area contributed by atoms with E-state index in [1.54, 1.807) is 18.0 Å². The summed E-state index contributed by atoms with van der Waals surface area (Å²) in [5, 5.41) is 12.8. The molecule has 1 saturated carbocycles. The first-order chi connectivity index (χ1) is 10.3. The number of nitrogens with zero attached hydrogens (tertiary/aromatic N) is 1. The summed E-state index contributed by atoms with van der Waals surface area (Å²) >= 11 is 1.71. The van der Waals surface area contributed by atoms with Gasteiger partial charge in [0.2, 0.25) is 5.91 Å². The Bertz CT molecular complexity index is 422. The van der Waals surface area contributed by atoms with E-state index in [0.717, 1.165) is 30.0 Å². The molecule has 1 aromatic heterocycles. The Morgan fingerprint density at radius 3 is 2.95 bits per heavy atom. The fourth-order valence-corrected chi connectivity index (χ4v) is 3.49. The molecule has 1 aromatic rings. The number of pyridine rings is 1. The van der Waals surface area contributed by atoms with E-state index in [4.69, 9.17) is 0 Å². The van der Waals surface area contributed by atoms with E-state index in [1.807, 2.05) is 18.2 Å². The molecule has 1 unspecified atom stereocenters. The summed E-state index contributed by atoms with van der Waals surface area (Å²) in [6, 6.07) is 5.86. The van der Waals surface area contributed by atoms with Crippen molar-refractivity contribution >= 4 is 17.7 Å². The molecule has 2 N–H and O–H groups in total. The third kappa shape index (κ3) is 6.06. The van der Waals surface area contributed by atoms with Crippen molar-refractivity contribution in [2.75, 3.05) is 12.3 Å². The van der Waals surface area contributed by atoms with E-state index in [2.05, 4.69) is 10.3 Å². The van der Waals surface area contributed by atoms with Gasteiger partial charge in [-0.25, -0.2) is 0 Å². The van der Waals surface area contributed by atoms with Crippen LogP contribution in [-0.4, -0.2) is 34.4 Å². The molecule has 0 radical (unpaired) electrons. The maximum absolute atomic E-state index is 11.7. The van der Waals surface area contributed by atoms with Gasteiger partial charge < -0.3 is 10.4 Å². The van der Waals surface area contributed by atoms with Gasteiger partial charge in [0.05, 0.1) is 11.8 Å². The number of aliphatic hydroxyl groups is 1. The topological polar surface area (TPSA) is 62.2 Å². The molecule has 0 saturated heterocycles. The van der Waals surface area contributed by atoms with Crippen LogP contribution in [0.5, 0.6) is 0 Å². The Balaban J connectivity index is 1.53. The van der Waals surface area contributed by atoms with Gasteiger partial charge in [0.15, 0.2) is 0 Å². The highest BCUT2D eigenvalue weighted by Gasteiger charge is 2.23. The number of hydrogen-bond acceptors (Lipinski definition) is 4. The smallest absolute Gasteiger partial charge is 0.220 e. The summed E-state index contributed by atoms with van der Waals surface area (Å²) in [7, 11) is 0. The average molecular weight is 308 g/mol. The van der Waals surface area contributed by atoms with Gasteiger partial charge in [-0.05, 0) is 30.9 Å². The second-order valence-electron chi connectivity index (χ2n) is 5.54. The lowest BCUT2D eigenvalue weighted by Crippen LogP contribution is -2.35. The highest BCUT2D eigenvalue weighted by molar-refractivity contribution is 7.98. The molecule has 1 amide bonds. The molecule has 0 aromatic carbocycles. The van der Waals surface area contributed by atoms with Gasteiger partial charge in [-0.3, -0.25) is 9.78 Å². The van der Waals surface area contributed by atoms with E-state index in [-0.39, 0.29) is 12.0 Å². The number of rotatable bonds is 8. The van der Waals surface area contributed by atoms with E-state index >= 15 is 0 Å². The normalized spacial score (nSPS) is 16.8. The van der Waals surface area contributed by atoms with E-state index in [9.17, 15) is 9.90 Å². The zero-order valence-electron chi connectivity index (χ0n) is 12.3. The van der Waals surface area contributed by atoms with Gasteiger partial charge in [0.25, 0.3) is 0 Å². The molecule has 1 heterocycles. The van der Waals surface area contributed by atoms with Crippen LogP contribution in [0, 0.1) is 5.92 Å². The third-order valence-electron chi connectivity index (χ3n) is 3.90. The highest BCUT2D eigenvalue weighted by Crippen LogP contribution is 2.27. The molecule has 0 bridgehead atoms. The molecule has 1 atom stereocenters. The first kappa shape index (κ1) is 16.3. The summed E-state index contributed by atoms with van der Waals surface area (Å²) in [6.07, 6.45) is 6.51. The van der Waals surface area contributed by atoms with Crippen LogP contribution in [-0.2, 0) is 10.5 Å². The van der Waals surface area contributed by atoms with Crippen molar-refractivity contribution in [1.29, 1.82) is 0 Å². The molecule has 116 valence electrons. The zero-order valence-corrected chi connectivity index (χ0v) is 13.1. The highest BCUT2D eigenvalue weighted by atomic mass is 32.2. The van der Waals surface area contributed by atoms with Crippen molar-refractivity contribution in [3.8, 4) is 0 Å². The molecule has 2 rings (SSSR count). The van der Waals surface area contributed by atoms with Gasteiger partial charge in [-0.1, -0.05) is 18.9 Å². The SMILES string of the molecule is O=C(CCSCc1ccccn1)NCC(O)C1CCCC1. The molecular formula is C16H24N2O2S. The first-order valence-corrected chi connectivity index (χ1v) is 8.83. The number of carbonyl (C=O) groups excluding carboxylic acids is 1. The Kier molecular flexibility index (Phi) is 7.03. The van der Waals surface area contributed by atoms with Crippen LogP contribution in [0.2, 0.25) is 0 Å². The molecule has 1 fully saturated rings. The minimum absolute atomic E-state index is 0.0283. The average Bonchev–Trinajstić information content (AvgIpc) is 3.05. The van der Waals surface area contributed by atoms with Crippen LogP contribution in [0.25, 0.3) is 0 Å². The molecule has 21 heavy (non-hydrogen) atoms. The predicted octanol–water partition coefficient (Wildman–Crippen LogP) is 2.37. The Morgan fingerprint density at radius 2 is 2.24 bits per heavy atom. The van der Waals surface area contributed by atoms with Gasteiger partial charge in [-0.2, -0.15) is 11.8 Å². The molecule has 4 nitrogen and oxygen atoms in total. The van der Waals surface area contributed by atoms with E-state index in [1.165, 1.54) is 12.8 Å². The number of thioether (sulfide) groups is 1. The Labute approximate surface area is 130 Å². The van der Waals surface area contributed by atoms with E-state index in [0.29, 0.717) is 18.9 Å². The number of aliphatic hydroxyl groups excluding tert-OH is 1. The van der Waals surface area contributed by atoms with Crippen LogP contribution in [0.1, 0.15) is 37.8 Å². The van der Waals surface area contributed by atoms with Crippen LogP contribution in [0.15, 0.2) is 24.4 Å². The van der Waals surface area contributed by atoms with Crippen LogP contribution < -0.4 is 5.32 Å². The summed E-state index contributed by atoms with van der Waals surface area (Å²) in [5.74, 6) is 2.02. The summed E-state index contributed by atoms with van der Waals surface area (Å²) < 4.78 is 0. The van der Waals surface area contributed by atoms with Crippen molar-refractivity contribution in [2.24, 2.45) is 5.92 Å². The summed E-state index contributed by atoms with van der Waals surface area (Å²) in [6.45, 7) is 0.397. The standard InChI is InChI=1S/C16H24N2O2S/c19-15(13-5-1-2-6-13)11-18-16(20)8-10-21-12-14-7-3-4-9-17-14/h3-4,7,9,13,15,19H,1-2,5-6,8,10-12H2,(H,18,20). The van der Waals surface area contributed by atoms with Gasteiger partial charge >= 0.3 is 0 Å². The van der Waals surface area contributed by atoms with Crippen LogP contribution >= 0.6 is 11.8 Å². The van der Waals surface area contributed by atoms with Crippen molar-refractivity contribution in [3.05, 3.63) is 30.1 Å². The lowest BCUT2D eigenvalue weighted by molar-refractivity contribution is -0.121. The fourth-order valence-electron chi connectivity index (χ4n) is 2.64.